The zero-order chi connectivity index (χ0) is 27.5. The summed E-state index contributed by atoms with van der Waals surface area (Å²) in [5.41, 5.74) is 6.54. The summed E-state index contributed by atoms with van der Waals surface area (Å²) >= 11 is 0. The number of para-hydroxylation sites is 3. The molecule has 6 rings (SSSR count). The molecule has 1 aliphatic heterocycles. The minimum Gasteiger partial charge on any atom is -0.383 e. The first-order valence-corrected chi connectivity index (χ1v) is 12.4. The Balaban J connectivity index is 1.75. The maximum absolute atomic E-state index is 14.8. The highest BCUT2D eigenvalue weighted by atomic mass is 19.4. The van der Waals surface area contributed by atoms with Crippen LogP contribution in [0.15, 0.2) is 83.7 Å². The lowest BCUT2D eigenvalue weighted by Gasteiger charge is -2.30. The molecule has 0 amide bonds. The van der Waals surface area contributed by atoms with Crippen LogP contribution in [0.4, 0.5) is 24.7 Å². The summed E-state index contributed by atoms with van der Waals surface area (Å²) in [6, 6.07) is 22.7. The van der Waals surface area contributed by atoms with E-state index < -0.39 is 28.4 Å². The smallest absolute Gasteiger partial charge is 0.383 e. The molecule has 5 aromatic rings. The SMILES string of the molecule is Cc1cccc2c1NCC2(c1c(C)nn(-c2ccccc2)c1N)c1c(C(F)(F)F)[nH]n(-c2ccccc2)c1=O. The molecule has 1 unspecified atom stereocenters. The van der Waals surface area contributed by atoms with Crippen molar-refractivity contribution in [3.63, 3.8) is 0 Å². The largest absolute Gasteiger partial charge is 0.433 e. The Morgan fingerprint density at radius 2 is 1.54 bits per heavy atom. The number of H-pyrrole nitrogens is 1. The molecule has 4 N–H and O–H groups in total. The van der Waals surface area contributed by atoms with E-state index in [1.165, 1.54) is 4.68 Å². The van der Waals surface area contributed by atoms with Crippen LogP contribution in [0.2, 0.25) is 0 Å². The Bertz CT molecular complexity index is 1750. The predicted octanol–water partition coefficient (Wildman–Crippen LogP) is 5.33. The molecule has 0 saturated heterocycles. The molecule has 0 saturated carbocycles. The van der Waals surface area contributed by atoms with Gasteiger partial charge < -0.3 is 11.1 Å². The summed E-state index contributed by atoms with van der Waals surface area (Å²) in [5.74, 6) is 0.162. The number of hydrogen-bond donors (Lipinski definition) is 3. The number of nitrogens with one attached hydrogen (secondary N) is 2. The molecule has 7 nitrogen and oxygen atoms in total. The van der Waals surface area contributed by atoms with Crippen LogP contribution >= 0.6 is 0 Å². The van der Waals surface area contributed by atoms with Gasteiger partial charge in [-0.15, -0.1) is 0 Å². The lowest BCUT2D eigenvalue weighted by Crippen LogP contribution is -2.39. The van der Waals surface area contributed by atoms with Crippen molar-refractivity contribution >= 4 is 11.5 Å². The van der Waals surface area contributed by atoms with Gasteiger partial charge in [0.05, 0.1) is 28.0 Å². The zero-order valence-electron chi connectivity index (χ0n) is 21.2. The van der Waals surface area contributed by atoms with Gasteiger partial charge in [-0.2, -0.15) is 18.3 Å². The topological polar surface area (TPSA) is 93.7 Å². The Kier molecular flexibility index (Phi) is 5.46. The van der Waals surface area contributed by atoms with Crippen molar-refractivity contribution in [1.29, 1.82) is 0 Å². The van der Waals surface area contributed by atoms with Gasteiger partial charge in [-0.1, -0.05) is 54.6 Å². The molecule has 1 atom stereocenters. The van der Waals surface area contributed by atoms with Crippen molar-refractivity contribution in [3.8, 4) is 11.4 Å². The van der Waals surface area contributed by atoms with Crippen LogP contribution in [0.1, 0.15) is 33.6 Å². The van der Waals surface area contributed by atoms with Crippen molar-refractivity contribution in [2.75, 3.05) is 17.6 Å². The maximum atomic E-state index is 14.8. The second kappa shape index (κ2) is 8.65. The first kappa shape index (κ1) is 24.6. The molecule has 3 heterocycles. The molecular formula is C29H25F3N6O. The van der Waals surface area contributed by atoms with Crippen LogP contribution in [0.5, 0.6) is 0 Å². The molecule has 0 bridgehead atoms. The summed E-state index contributed by atoms with van der Waals surface area (Å²) in [6.45, 7) is 3.57. The monoisotopic (exact) mass is 530 g/mol. The second-order valence-corrected chi connectivity index (χ2v) is 9.69. The Morgan fingerprint density at radius 1 is 0.897 bits per heavy atom. The van der Waals surface area contributed by atoms with E-state index in [4.69, 9.17) is 5.73 Å². The lowest BCUT2D eigenvalue weighted by atomic mass is 9.70. The molecule has 0 fully saturated rings. The Labute approximate surface area is 221 Å². The van der Waals surface area contributed by atoms with Crippen molar-refractivity contribution in [3.05, 3.63) is 123 Å². The fourth-order valence-electron chi connectivity index (χ4n) is 5.78. The third kappa shape index (κ3) is 3.58. The van der Waals surface area contributed by atoms with Gasteiger partial charge >= 0.3 is 6.18 Å². The van der Waals surface area contributed by atoms with Crippen LogP contribution in [0.25, 0.3) is 11.4 Å². The number of fused-ring (bicyclic) bond motifs is 1. The van der Waals surface area contributed by atoms with E-state index in [0.717, 1.165) is 10.2 Å². The third-order valence-corrected chi connectivity index (χ3v) is 7.40. The van der Waals surface area contributed by atoms with Gasteiger partial charge in [0, 0.05) is 17.8 Å². The molecular weight excluding hydrogens is 505 g/mol. The van der Waals surface area contributed by atoms with E-state index in [-0.39, 0.29) is 18.1 Å². The van der Waals surface area contributed by atoms with Gasteiger partial charge in [0.15, 0.2) is 0 Å². The number of nitrogen functional groups attached to an aromatic ring is 1. The zero-order valence-corrected chi connectivity index (χ0v) is 21.2. The number of benzene rings is 3. The van der Waals surface area contributed by atoms with Crippen LogP contribution in [0.3, 0.4) is 0 Å². The minimum atomic E-state index is -4.85. The van der Waals surface area contributed by atoms with Crippen molar-refractivity contribution < 1.29 is 13.2 Å². The number of halogens is 3. The van der Waals surface area contributed by atoms with Gasteiger partial charge in [0.2, 0.25) is 0 Å². The fourth-order valence-corrected chi connectivity index (χ4v) is 5.78. The molecule has 198 valence electrons. The van der Waals surface area contributed by atoms with Gasteiger partial charge in [-0.05, 0) is 49.2 Å². The Morgan fingerprint density at radius 3 is 2.18 bits per heavy atom. The quantitative estimate of drug-likeness (QED) is 0.293. The van der Waals surface area contributed by atoms with Crippen LogP contribution in [-0.2, 0) is 11.6 Å². The van der Waals surface area contributed by atoms with E-state index in [0.29, 0.717) is 28.2 Å². The number of alkyl halides is 3. The molecule has 10 heteroatoms. The number of aromatic nitrogens is 4. The van der Waals surface area contributed by atoms with Crippen molar-refractivity contribution in [2.45, 2.75) is 25.4 Å². The summed E-state index contributed by atoms with van der Waals surface area (Å²) in [5, 5.41) is 10.3. The fraction of sp³-hybridized carbons (Fsp3) is 0.172. The number of aromatic amines is 1. The second-order valence-electron chi connectivity index (χ2n) is 9.69. The molecule has 3 aromatic carbocycles. The molecule has 1 aliphatic rings. The van der Waals surface area contributed by atoms with Crippen LogP contribution in [-0.4, -0.2) is 26.1 Å². The number of nitrogens with two attached hydrogens (primary N) is 1. The van der Waals surface area contributed by atoms with E-state index in [9.17, 15) is 18.0 Å². The summed E-state index contributed by atoms with van der Waals surface area (Å²) in [7, 11) is 0. The van der Waals surface area contributed by atoms with E-state index >= 15 is 0 Å². The highest BCUT2D eigenvalue weighted by Crippen LogP contribution is 2.52. The number of nitrogens with zero attached hydrogens (tertiary/aromatic N) is 3. The highest BCUT2D eigenvalue weighted by Gasteiger charge is 2.54. The first-order chi connectivity index (χ1) is 18.6. The average molecular weight is 531 g/mol. The van der Waals surface area contributed by atoms with Gasteiger partial charge in [-0.25, -0.2) is 9.36 Å². The summed E-state index contributed by atoms with van der Waals surface area (Å²) in [4.78, 5) is 14.1. The summed E-state index contributed by atoms with van der Waals surface area (Å²) in [6.07, 6.45) is -4.85. The number of rotatable bonds is 4. The van der Waals surface area contributed by atoms with Gasteiger partial charge in [0.25, 0.3) is 5.56 Å². The minimum absolute atomic E-state index is 0.0102. The van der Waals surface area contributed by atoms with E-state index in [1.807, 2.05) is 43.3 Å². The maximum Gasteiger partial charge on any atom is 0.433 e. The van der Waals surface area contributed by atoms with Crippen molar-refractivity contribution in [2.24, 2.45) is 0 Å². The molecule has 0 spiro atoms. The van der Waals surface area contributed by atoms with Gasteiger partial charge in [0.1, 0.15) is 11.5 Å². The Hall–Kier alpha value is -4.73. The van der Waals surface area contributed by atoms with Crippen LogP contribution < -0.4 is 16.6 Å². The van der Waals surface area contributed by atoms with E-state index in [1.54, 1.807) is 49.4 Å². The van der Waals surface area contributed by atoms with Crippen molar-refractivity contribution in [1.82, 2.24) is 19.6 Å². The number of aryl methyl sites for hydroxylation is 2. The third-order valence-electron chi connectivity index (χ3n) is 7.40. The molecule has 2 aromatic heterocycles. The average Bonchev–Trinajstić information content (AvgIpc) is 3.57. The molecule has 39 heavy (non-hydrogen) atoms. The van der Waals surface area contributed by atoms with Gasteiger partial charge in [-0.3, -0.25) is 9.89 Å². The normalized spacial score (nSPS) is 16.7. The molecule has 0 aliphatic carbocycles. The number of anilines is 2. The standard InChI is InChI=1S/C29H25F3N6O/c1-17-10-9-15-21-24(17)34-16-28(21,22-18(2)35-37(26(22)33)19-11-5-3-6-12-19)23-25(29(30,31)32)36-38(27(23)39)20-13-7-4-8-14-20/h3-15,34,36H,16,33H2,1-2H3. The predicted molar refractivity (Wildman–Crippen MR) is 144 cm³/mol. The highest BCUT2D eigenvalue weighted by molar-refractivity contribution is 5.75. The summed E-state index contributed by atoms with van der Waals surface area (Å²) < 4.78 is 46.8. The first-order valence-electron chi connectivity index (χ1n) is 12.4. The molecule has 0 radical (unpaired) electrons. The van der Waals surface area contributed by atoms with Crippen LogP contribution in [0, 0.1) is 13.8 Å². The lowest BCUT2D eigenvalue weighted by molar-refractivity contribution is -0.142. The van der Waals surface area contributed by atoms with E-state index in [2.05, 4.69) is 15.5 Å². The number of hydrogen-bond acceptors (Lipinski definition) is 4.